The lowest BCUT2D eigenvalue weighted by atomic mass is 10.1. The molecule has 0 heterocycles. The number of rotatable bonds is 4. The van der Waals surface area contributed by atoms with Crippen LogP contribution in [0.25, 0.3) is 11.1 Å². The minimum atomic E-state index is -4.96. The van der Waals surface area contributed by atoms with E-state index < -0.39 is 32.5 Å². The summed E-state index contributed by atoms with van der Waals surface area (Å²) < 4.78 is 79.5. The van der Waals surface area contributed by atoms with Gasteiger partial charge in [0.25, 0.3) is 10.0 Å². The van der Waals surface area contributed by atoms with E-state index in [-0.39, 0.29) is 11.4 Å². The molecule has 0 amide bonds. The first-order valence-corrected chi connectivity index (χ1v) is 9.34. The number of nitrogens with one attached hydrogen (secondary N) is 1. The summed E-state index contributed by atoms with van der Waals surface area (Å²) in [5, 5.41) is 9.51. The van der Waals surface area contributed by atoms with Crippen molar-refractivity contribution < 1.29 is 31.1 Å². The molecule has 9 heteroatoms. The maximum atomic E-state index is 13.4. The van der Waals surface area contributed by atoms with Crippen LogP contribution in [-0.2, 0) is 16.2 Å². The Hall–Kier alpha value is -3.07. The van der Waals surface area contributed by atoms with Gasteiger partial charge in [0.1, 0.15) is 16.5 Å². The van der Waals surface area contributed by atoms with Crippen molar-refractivity contribution >= 4 is 15.7 Å². The van der Waals surface area contributed by atoms with Gasteiger partial charge in [-0.2, -0.15) is 13.2 Å². The van der Waals surface area contributed by atoms with E-state index in [2.05, 4.69) is 0 Å². The van der Waals surface area contributed by atoms with Gasteiger partial charge in [0, 0.05) is 5.69 Å². The van der Waals surface area contributed by atoms with E-state index in [4.69, 9.17) is 0 Å². The highest BCUT2D eigenvalue weighted by Gasteiger charge is 2.37. The Bertz CT molecular complexity index is 1110. The summed E-state index contributed by atoms with van der Waals surface area (Å²) in [6.45, 7) is 0. The van der Waals surface area contributed by atoms with Crippen LogP contribution in [0, 0.1) is 5.82 Å². The molecule has 28 heavy (non-hydrogen) atoms. The van der Waals surface area contributed by atoms with E-state index in [0.29, 0.717) is 29.3 Å². The highest BCUT2D eigenvalue weighted by Crippen LogP contribution is 2.35. The van der Waals surface area contributed by atoms with Crippen molar-refractivity contribution in [3.05, 3.63) is 78.1 Å². The van der Waals surface area contributed by atoms with Crippen molar-refractivity contribution in [1.82, 2.24) is 0 Å². The Morgan fingerprint density at radius 3 is 2.14 bits per heavy atom. The molecular weight excluding hydrogens is 398 g/mol. The van der Waals surface area contributed by atoms with Crippen LogP contribution < -0.4 is 4.72 Å². The van der Waals surface area contributed by atoms with E-state index >= 15 is 0 Å². The maximum absolute atomic E-state index is 13.4. The first-order valence-electron chi connectivity index (χ1n) is 7.85. The molecule has 0 bridgehead atoms. The van der Waals surface area contributed by atoms with Gasteiger partial charge >= 0.3 is 6.18 Å². The average Bonchev–Trinajstić information content (AvgIpc) is 2.61. The Kier molecular flexibility index (Phi) is 5.03. The molecular formula is C19H13F4NO3S. The first kappa shape index (κ1) is 19.7. The van der Waals surface area contributed by atoms with Crippen molar-refractivity contribution in [1.29, 1.82) is 0 Å². The number of halogens is 4. The second kappa shape index (κ2) is 7.16. The molecule has 0 unspecified atom stereocenters. The largest absolute Gasteiger partial charge is 0.508 e. The summed E-state index contributed by atoms with van der Waals surface area (Å²) in [5.41, 5.74) is -0.140. The molecule has 0 aliphatic carbocycles. The Labute approximate surface area is 158 Å². The van der Waals surface area contributed by atoms with Gasteiger partial charge in [-0.25, -0.2) is 12.8 Å². The fourth-order valence-electron chi connectivity index (χ4n) is 2.58. The summed E-state index contributed by atoms with van der Waals surface area (Å²) in [7, 11) is -4.68. The molecule has 2 N–H and O–H groups in total. The van der Waals surface area contributed by atoms with E-state index in [9.17, 15) is 31.1 Å². The lowest BCUT2D eigenvalue weighted by Crippen LogP contribution is -2.19. The molecule has 0 saturated carbocycles. The van der Waals surface area contributed by atoms with Gasteiger partial charge in [0.15, 0.2) is 0 Å². The average molecular weight is 411 g/mol. The van der Waals surface area contributed by atoms with Crippen LogP contribution in [0.3, 0.4) is 0 Å². The molecule has 0 aromatic heterocycles. The Morgan fingerprint density at radius 1 is 0.857 bits per heavy atom. The number of hydrogen-bond acceptors (Lipinski definition) is 3. The van der Waals surface area contributed by atoms with Crippen LogP contribution in [0.1, 0.15) is 5.56 Å². The molecule has 3 aromatic rings. The predicted octanol–water partition coefficient (Wildman–Crippen LogP) is 5.02. The predicted molar refractivity (Wildman–Crippen MR) is 95.8 cm³/mol. The maximum Gasteiger partial charge on any atom is 0.417 e. The zero-order chi connectivity index (χ0) is 20.5. The van der Waals surface area contributed by atoms with Crippen molar-refractivity contribution in [3.63, 3.8) is 0 Å². The minimum Gasteiger partial charge on any atom is -0.508 e. The van der Waals surface area contributed by atoms with Gasteiger partial charge < -0.3 is 5.11 Å². The molecule has 0 radical (unpaired) electrons. The SMILES string of the molecule is O=S(=O)(Nc1ccc(-c2cccc(O)c2)cc1)c1cc(F)ccc1C(F)(F)F. The Balaban J connectivity index is 1.93. The van der Waals surface area contributed by atoms with Crippen LogP contribution in [0.2, 0.25) is 0 Å². The second-order valence-corrected chi connectivity index (χ2v) is 7.52. The topological polar surface area (TPSA) is 66.4 Å². The van der Waals surface area contributed by atoms with Gasteiger partial charge in [-0.3, -0.25) is 4.72 Å². The summed E-state index contributed by atoms with van der Waals surface area (Å²) in [6.07, 6.45) is -4.96. The van der Waals surface area contributed by atoms with Gasteiger partial charge in [-0.05, 0) is 53.6 Å². The lowest BCUT2D eigenvalue weighted by molar-refractivity contribution is -0.139. The molecule has 0 atom stereocenters. The minimum absolute atomic E-state index is 0.00119. The summed E-state index contributed by atoms with van der Waals surface area (Å²) >= 11 is 0. The third-order valence-corrected chi connectivity index (χ3v) is 5.28. The fourth-order valence-corrected chi connectivity index (χ4v) is 3.88. The molecule has 0 aliphatic heterocycles. The molecule has 3 aromatic carbocycles. The Morgan fingerprint density at radius 2 is 1.54 bits per heavy atom. The van der Waals surface area contributed by atoms with E-state index in [1.54, 1.807) is 12.1 Å². The third-order valence-electron chi connectivity index (χ3n) is 3.86. The van der Waals surface area contributed by atoms with Crippen LogP contribution >= 0.6 is 0 Å². The van der Waals surface area contributed by atoms with Crippen molar-refractivity contribution in [2.75, 3.05) is 4.72 Å². The summed E-state index contributed by atoms with van der Waals surface area (Å²) in [6, 6.07) is 13.4. The normalized spacial score (nSPS) is 12.0. The number of alkyl halides is 3. The number of sulfonamides is 1. The third kappa shape index (κ3) is 4.25. The van der Waals surface area contributed by atoms with Crippen LogP contribution in [0.15, 0.2) is 71.6 Å². The smallest absolute Gasteiger partial charge is 0.417 e. The van der Waals surface area contributed by atoms with Crippen molar-refractivity contribution in [2.24, 2.45) is 0 Å². The van der Waals surface area contributed by atoms with E-state index in [0.717, 1.165) is 0 Å². The molecule has 0 fully saturated rings. The number of anilines is 1. The van der Waals surface area contributed by atoms with Gasteiger partial charge in [0.2, 0.25) is 0 Å². The molecule has 0 spiro atoms. The molecule has 4 nitrogen and oxygen atoms in total. The van der Waals surface area contributed by atoms with Crippen LogP contribution in [-0.4, -0.2) is 13.5 Å². The second-order valence-electron chi connectivity index (χ2n) is 5.87. The highest BCUT2D eigenvalue weighted by atomic mass is 32.2. The molecule has 3 rings (SSSR count). The first-order chi connectivity index (χ1) is 13.1. The number of hydrogen-bond donors (Lipinski definition) is 2. The van der Waals surface area contributed by atoms with Crippen LogP contribution in [0.5, 0.6) is 5.75 Å². The zero-order valence-corrected chi connectivity index (χ0v) is 14.9. The van der Waals surface area contributed by atoms with Gasteiger partial charge in [0.05, 0.1) is 5.56 Å². The van der Waals surface area contributed by atoms with Gasteiger partial charge in [-0.1, -0.05) is 24.3 Å². The quantitative estimate of drug-likeness (QED) is 0.593. The van der Waals surface area contributed by atoms with E-state index in [1.807, 2.05) is 4.72 Å². The number of benzene rings is 3. The van der Waals surface area contributed by atoms with Crippen LogP contribution in [0.4, 0.5) is 23.2 Å². The summed E-state index contributed by atoms with van der Waals surface area (Å²) in [4.78, 5) is -1.20. The monoisotopic (exact) mass is 411 g/mol. The standard InChI is InChI=1S/C19H13F4NO3S/c20-14-6-9-17(19(21,22)23)18(11-14)28(26,27)24-15-7-4-12(5-8-15)13-2-1-3-16(25)10-13/h1-11,24-25H. The fraction of sp³-hybridized carbons (Fsp3) is 0.0526. The number of phenolic OH excluding ortho intramolecular Hbond substituents is 1. The van der Waals surface area contributed by atoms with Gasteiger partial charge in [-0.15, -0.1) is 0 Å². The van der Waals surface area contributed by atoms with Crippen molar-refractivity contribution in [3.8, 4) is 16.9 Å². The molecule has 0 saturated heterocycles. The highest BCUT2D eigenvalue weighted by molar-refractivity contribution is 7.92. The van der Waals surface area contributed by atoms with Crippen molar-refractivity contribution in [2.45, 2.75) is 11.1 Å². The number of phenols is 1. The van der Waals surface area contributed by atoms with E-state index in [1.165, 1.54) is 36.4 Å². The summed E-state index contributed by atoms with van der Waals surface area (Å²) in [5.74, 6) is -1.05. The molecule has 0 aliphatic rings. The molecule has 146 valence electrons. The number of aromatic hydroxyl groups is 1. The lowest BCUT2D eigenvalue weighted by Gasteiger charge is -2.15. The zero-order valence-electron chi connectivity index (χ0n) is 14.0.